The van der Waals surface area contributed by atoms with Crippen LogP contribution in [0.5, 0.6) is 0 Å². The van der Waals surface area contributed by atoms with E-state index < -0.39 is 0 Å². The highest BCUT2D eigenvalue weighted by Gasteiger charge is 2.23. The average molecular weight is 229 g/mol. The zero-order chi connectivity index (χ0) is 12.0. The second kappa shape index (κ2) is 6.32. The van der Waals surface area contributed by atoms with Gasteiger partial charge in [0, 0.05) is 19.7 Å². The van der Waals surface area contributed by atoms with Gasteiger partial charge in [0.15, 0.2) is 0 Å². The van der Waals surface area contributed by atoms with Crippen molar-refractivity contribution in [3.63, 3.8) is 0 Å². The van der Waals surface area contributed by atoms with Crippen LogP contribution in [0, 0.1) is 5.92 Å². The SMILES string of the molecule is NC(CC(=O)N1CCCC(CCO)C1)=NO. The Bertz CT molecular complexity index is 266. The van der Waals surface area contributed by atoms with Gasteiger partial charge in [-0.15, -0.1) is 0 Å². The summed E-state index contributed by atoms with van der Waals surface area (Å²) < 4.78 is 0. The molecule has 1 aliphatic rings. The van der Waals surface area contributed by atoms with Crippen LogP contribution >= 0.6 is 0 Å². The van der Waals surface area contributed by atoms with Crippen molar-refractivity contribution >= 4 is 11.7 Å². The minimum absolute atomic E-state index is 0.0393. The van der Waals surface area contributed by atoms with E-state index in [1.807, 2.05) is 0 Å². The lowest BCUT2D eigenvalue weighted by atomic mass is 9.95. The maximum Gasteiger partial charge on any atom is 0.230 e. The summed E-state index contributed by atoms with van der Waals surface area (Å²) in [5.74, 6) is 0.196. The number of nitrogens with two attached hydrogens (primary N) is 1. The molecule has 1 saturated heterocycles. The van der Waals surface area contributed by atoms with E-state index in [1.165, 1.54) is 0 Å². The second-order valence-electron chi connectivity index (χ2n) is 4.13. The van der Waals surface area contributed by atoms with Gasteiger partial charge >= 0.3 is 0 Å². The average Bonchev–Trinajstić information content (AvgIpc) is 2.29. The molecule has 1 rings (SSSR count). The predicted molar refractivity (Wildman–Crippen MR) is 59.0 cm³/mol. The van der Waals surface area contributed by atoms with Gasteiger partial charge in [0.2, 0.25) is 5.91 Å². The van der Waals surface area contributed by atoms with Crippen LogP contribution in [0.4, 0.5) is 0 Å². The highest BCUT2D eigenvalue weighted by molar-refractivity contribution is 5.98. The molecule has 1 aliphatic heterocycles. The maximum absolute atomic E-state index is 11.7. The van der Waals surface area contributed by atoms with Crippen molar-refractivity contribution < 1.29 is 15.1 Å². The minimum atomic E-state index is -0.113. The van der Waals surface area contributed by atoms with Crippen molar-refractivity contribution in [3.05, 3.63) is 0 Å². The smallest absolute Gasteiger partial charge is 0.230 e. The van der Waals surface area contributed by atoms with E-state index in [9.17, 15) is 4.79 Å². The van der Waals surface area contributed by atoms with Gasteiger partial charge in [0.25, 0.3) is 0 Å². The first-order valence-corrected chi connectivity index (χ1v) is 5.52. The summed E-state index contributed by atoms with van der Waals surface area (Å²) >= 11 is 0. The number of piperidine rings is 1. The molecule has 1 atom stereocenters. The van der Waals surface area contributed by atoms with E-state index in [0.29, 0.717) is 12.5 Å². The second-order valence-corrected chi connectivity index (χ2v) is 4.13. The first-order valence-electron chi connectivity index (χ1n) is 5.52. The molecule has 0 saturated carbocycles. The molecular weight excluding hydrogens is 210 g/mol. The normalized spacial score (nSPS) is 22.2. The van der Waals surface area contributed by atoms with Crippen LogP contribution in [0.3, 0.4) is 0 Å². The number of amidine groups is 1. The van der Waals surface area contributed by atoms with Crippen LogP contribution in [0.25, 0.3) is 0 Å². The maximum atomic E-state index is 11.7. The Morgan fingerprint density at radius 1 is 1.56 bits per heavy atom. The quantitative estimate of drug-likeness (QED) is 0.268. The van der Waals surface area contributed by atoms with Crippen molar-refractivity contribution in [2.24, 2.45) is 16.8 Å². The third-order valence-electron chi connectivity index (χ3n) is 2.87. The molecule has 4 N–H and O–H groups in total. The lowest BCUT2D eigenvalue weighted by Crippen LogP contribution is -2.41. The molecule has 0 aliphatic carbocycles. The number of hydrogen-bond donors (Lipinski definition) is 3. The van der Waals surface area contributed by atoms with Gasteiger partial charge in [-0.3, -0.25) is 4.79 Å². The van der Waals surface area contributed by atoms with Crippen molar-refractivity contribution in [3.8, 4) is 0 Å². The fourth-order valence-corrected chi connectivity index (χ4v) is 2.01. The molecule has 0 spiro atoms. The zero-order valence-corrected chi connectivity index (χ0v) is 9.30. The molecule has 6 heteroatoms. The Hall–Kier alpha value is -1.30. The van der Waals surface area contributed by atoms with E-state index in [2.05, 4.69) is 5.16 Å². The van der Waals surface area contributed by atoms with Gasteiger partial charge in [0.05, 0.1) is 6.42 Å². The number of carbonyl (C=O) groups excluding carboxylic acids is 1. The fraction of sp³-hybridized carbons (Fsp3) is 0.800. The van der Waals surface area contributed by atoms with E-state index in [0.717, 1.165) is 25.8 Å². The Morgan fingerprint density at radius 2 is 2.31 bits per heavy atom. The van der Waals surface area contributed by atoms with Gasteiger partial charge in [-0.2, -0.15) is 0 Å². The Labute approximate surface area is 94.7 Å². The topological polar surface area (TPSA) is 99.2 Å². The molecule has 0 aromatic rings. The monoisotopic (exact) mass is 229 g/mol. The largest absolute Gasteiger partial charge is 0.409 e. The van der Waals surface area contributed by atoms with Crippen LogP contribution < -0.4 is 5.73 Å². The van der Waals surface area contributed by atoms with Gasteiger partial charge in [-0.25, -0.2) is 0 Å². The molecule has 6 nitrogen and oxygen atoms in total. The van der Waals surface area contributed by atoms with Crippen molar-refractivity contribution in [2.75, 3.05) is 19.7 Å². The summed E-state index contributed by atoms with van der Waals surface area (Å²) in [5, 5.41) is 20.0. The highest BCUT2D eigenvalue weighted by atomic mass is 16.4. The van der Waals surface area contributed by atoms with Crippen LogP contribution in [0.1, 0.15) is 25.7 Å². The molecular formula is C10H19N3O3. The van der Waals surface area contributed by atoms with Crippen LogP contribution in [0.2, 0.25) is 0 Å². The lowest BCUT2D eigenvalue weighted by Gasteiger charge is -2.32. The summed E-state index contributed by atoms with van der Waals surface area (Å²) in [6.45, 7) is 1.55. The summed E-state index contributed by atoms with van der Waals surface area (Å²) in [5.41, 5.74) is 5.29. The Kier molecular flexibility index (Phi) is 5.04. The van der Waals surface area contributed by atoms with E-state index in [-0.39, 0.29) is 24.8 Å². The first kappa shape index (κ1) is 12.8. The van der Waals surface area contributed by atoms with Crippen molar-refractivity contribution in [1.29, 1.82) is 0 Å². The molecule has 0 aromatic heterocycles. The molecule has 1 amide bonds. The molecule has 0 aromatic carbocycles. The molecule has 92 valence electrons. The number of hydrogen-bond acceptors (Lipinski definition) is 4. The van der Waals surface area contributed by atoms with Gasteiger partial charge < -0.3 is 20.9 Å². The highest BCUT2D eigenvalue weighted by Crippen LogP contribution is 2.19. The van der Waals surface area contributed by atoms with Crippen LogP contribution in [0.15, 0.2) is 5.16 Å². The summed E-state index contributed by atoms with van der Waals surface area (Å²) in [7, 11) is 0. The Balaban J connectivity index is 2.43. The molecule has 1 fully saturated rings. The van der Waals surface area contributed by atoms with Crippen molar-refractivity contribution in [1.82, 2.24) is 4.90 Å². The van der Waals surface area contributed by atoms with Crippen LogP contribution in [-0.2, 0) is 4.79 Å². The third-order valence-corrected chi connectivity index (χ3v) is 2.87. The zero-order valence-electron chi connectivity index (χ0n) is 9.30. The number of oxime groups is 1. The number of carbonyl (C=O) groups is 1. The molecule has 1 heterocycles. The predicted octanol–water partition coefficient (Wildman–Crippen LogP) is -0.256. The number of aliphatic hydroxyl groups excluding tert-OH is 1. The number of rotatable bonds is 4. The standard InChI is InChI=1S/C10H19N3O3/c11-9(12-16)6-10(15)13-4-1-2-8(7-13)3-5-14/h8,14,16H,1-7H2,(H2,11,12). The van der Waals surface area contributed by atoms with Crippen LogP contribution in [-0.4, -0.2) is 46.7 Å². The number of amides is 1. The van der Waals surface area contributed by atoms with E-state index >= 15 is 0 Å². The number of likely N-dealkylation sites (tertiary alicyclic amines) is 1. The first-order chi connectivity index (χ1) is 7.67. The van der Waals surface area contributed by atoms with Crippen molar-refractivity contribution in [2.45, 2.75) is 25.7 Å². The summed E-state index contributed by atoms with van der Waals surface area (Å²) in [6, 6.07) is 0. The Morgan fingerprint density at radius 3 is 2.94 bits per heavy atom. The molecule has 0 radical (unpaired) electrons. The number of nitrogens with zero attached hydrogens (tertiary/aromatic N) is 2. The molecule has 1 unspecified atom stereocenters. The fourth-order valence-electron chi connectivity index (χ4n) is 2.01. The third kappa shape index (κ3) is 3.69. The van der Waals surface area contributed by atoms with Gasteiger partial charge in [0.1, 0.15) is 5.84 Å². The summed E-state index contributed by atoms with van der Waals surface area (Å²) in [4.78, 5) is 13.4. The van der Waals surface area contributed by atoms with Gasteiger partial charge in [-0.1, -0.05) is 5.16 Å². The van der Waals surface area contributed by atoms with Gasteiger partial charge in [-0.05, 0) is 25.2 Å². The minimum Gasteiger partial charge on any atom is -0.409 e. The van der Waals surface area contributed by atoms with E-state index in [4.69, 9.17) is 16.0 Å². The number of aliphatic hydroxyl groups is 1. The summed E-state index contributed by atoms with van der Waals surface area (Å²) in [6.07, 6.45) is 2.69. The molecule has 16 heavy (non-hydrogen) atoms. The molecule has 0 bridgehead atoms. The lowest BCUT2D eigenvalue weighted by molar-refractivity contribution is -0.131. The van der Waals surface area contributed by atoms with E-state index in [1.54, 1.807) is 4.90 Å².